The molecule has 1 N–H and O–H groups in total. The number of pyridine rings is 3. The zero-order valence-corrected chi connectivity index (χ0v) is 19.2. The number of nitrogens with one attached hydrogen (secondary N) is 1. The molecule has 0 aliphatic heterocycles. The first-order chi connectivity index (χ1) is 16.4. The Morgan fingerprint density at radius 3 is 2.50 bits per heavy atom. The first-order valence-electron chi connectivity index (χ1n) is 10.6. The number of methoxy groups -OCH3 is 1. The summed E-state index contributed by atoms with van der Waals surface area (Å²) in [4.78, 5) is 38.1. The molecule has 0 fully saturated rings. The normalized spacial score (nSPS) is 11.2. The molecule has 34 heavy (non-hydrogen) atoms. The Hall–Kier alpha value is -4.53. The number of imidazole rings is 1. The van der Waals surface area contributed by atoms with Crippen LogP contribution in [-0.4, -0.2) is 37.3 Å². The monoisotopic (exact) mass is 454 g/mol. The molecule has 1 amide bonds. The number of carbonyl (C=O) groups excluding carboxylic acids is 1. The van der Waals surface area contributed by atoms with Gasteiger partial charge in [0, 0.05) is 29.9 Å². The van der Waals surface area contributed by atoms with Gasteiger partial charge in [-0.3, -0.25) is 24.4 Å². The number of rotatable bonds is 3. The van der Waals surface area contributed by atoms with E-state index in [1.165, 1.54) is 7.11 Å². The molecular weight excluding hydrogens is 432 g/mol. The van der Waals surface area contributed by atoms with E-state index in [0.717, 1.165) is 50.1 Å². The predicted octanol–water partition coefficient (Wildman–Crippen LogP) is 4.13. The van der Waals surface area contributed by atoms with Crippen molar-refractivity contribution >= 4 is 33.8 Å². The highest BCUT2D eigenvalue weighted by Gasteiger charge is 2.18. The van der Waals surface area contributed by atoms with Gasteiger partial charge in [-0.25, -0.2) is 14.6 Å². The molecule has 9 heteroatoms. The molecule has 0 bridgehead atoms. The largest absolute Gasteiger partial charge is 0.453 e. The van der Waals surface area contributed by atoms with E-state index in [-0.39, 0.29) is 5.69 Å². The number of fused-ring (bicyclic) bond motifs is 3. The third-order valence-corrected chi connectivity index (χ3v) is 5.83. The van der Waals surface area contributed by atoms with Crippen molar-refractivity contribution in [3.63, 3.8) is 0 Å². The standard InChI is InChI=1S/C25H22N6O3/c1-14-5-9-20(15(2)28-14)31-23-18-11-16(17-7-10-22(27-12-17)29-24(32)34-4)6-8-19(18)26-13-21(23)30(3)25(31)33/h5-13H,1-4H3,(H,27,29,32). The van der Waals surface area contributed by atoms with E-state index in [0.29, 0.717) is 5.82 Å². The van der Waals surface area contributed by atoms with Crippen LogP contribution in [0.5, 0.6) is 0 Å². The molecule has 5 aromatic rings. The maximum atomic E-state index is 13.3. The van der Waals surface area contributed by atoms with Crippen molar-refractivity contribution < 1.29 is 9.53 Å². The molecule has 0 aliphatic carbocycles. The molecule has 9 nitrogen and oxygen atoms in total. The minimum atomic E-state index is -0.581. The van der Waals surface area contributed by atoms with Gasteiger partial charge in [0.25, 0.3) is 0 Å². The van der Waals surface area contributed by atoms with E-state index in [4.69, 9.17) is 0 Å². The van der Waals surface area contributed by atoms with Crippen LogP contribution in [0.3, 0.4) is 0 Å². The first-order valence-corrected chi connectivity index (χ1v) is 10.6. The van der Waals surface area contributed by atoms with Gasteiger partial charge in [0.1, 0.15) is 5.82 Å². The van der Waals surface area contributed by atoms with E-state index in [2.05, 4.69) is 25.0 Å². The fraction of sp³-hybridized carbons (Fsp3) is 0.160. The minimum Gasteiger partial charge on any atom is -0.453 e. The van der Waals surface area contributed by atoms with Crippen molar-refractivity contribution in [2.45, 2.75) is 13.8 Å². The number of aryl methyl sites for hydroxylation is 3. The SMILES string of the molecule is COC(=O)Nc1ccc(-c2ccc3ncc4c(c3c2)n(-c2ccc(C)nc2C)c(=O)n4C)cn1. The van der Waals surface area contributed by atoms with Crippen LogP contribution in [0, 0.1) is 13.8 Å². The van der Waals surface area contributed by atoms with Crippen molar-refractivity contribution in [3.05, 3.63) is 76.7 Å². The fourth-order valence-corrected chi connectivity index (χ4v) is 4.11. The van der Waals surface area contributed by atoms with Crippen molar-refractivity contribution in [1.29, 1.82) is 0 Å². The van der Waals surface area contributed by atoms with Gasteiger partial charge in [-0.2, -0.15) is 0 Å². The molecule has 0 saturated carbocycles. The summed E-state index contributed by atoms with van der Waals surface area (Å²) in [5.74, 6) is 0.389. The van der Waals surface area contributed by atoms with Gasteiger partial charge >= 0.3 is 11.8 Å². The molecule has 0 atom stereocenters. The third-order valence-electron chi connectivity index (χ3n) is 5.83. The molecule has 0 radical (unpaired) electrons. The second kappa shape index (κ2) is 8.11. The van der Waals surface area contributed by atoms with Crippen LogP contribution in [0.2, 0.25) is 0 Å². The number of aromatic nitrogens is 5. The van der Waals surface area contributed by atoms with Gasteiger partial charge in [0.15, 0.2) is 0 Å². The summed E-state index contributed by atoms with van der Waals surface area (Å²) in [7, 11) is 3.04. The van der Waals surface area contributed by atoms with Gasteiger partial charge in [-0.05, 0) is 55.8 Å². The Morgan fingerprint density at radius 2 is 1.79 bits per heavy atom. The van der Waals surface area contributed by atoms with Crippen molar-refractivity contribution in [2.75, 3.05) is 12.4 Å². The zero-order chi connectivity index (χ0) is 24.0. The quantitative estimate of drug-likeness (QED) is 0.440. The predicted molar refractivity (Wildman–Crippen MR) is 130 cm³/mol. The lowest BCUT2D eigenvalue weighted by Gasteiger charge is -2.10. The van der Waals surface area contributed by atoms with Crippen LogP contribution >= 0.6 is 0 Å². The minimum absolute atomic E-state index is 0.164. The van der Waals surface area contributed by atoms with Crippen molar-refractivity contribution in [1.82, 2.24) is 24.1 Å². The second-order valence-corrected chi connectivity index (χ2v) is 8.01. The fourth-order valence-electron chi connectivity index (χ4n) is 4.11. The summed E-state index contributed by atoms with van der Waals surface area (Å²) in [5, 5.41) is 3.38. The topological polar surface area (TPSA) is 104 Å². The van der Waals surface area contributed by atoms with Gasteiger partial charge in [-0.1, -0.05) is 6.07 Å². The molecule has 4 aromatic heterocycles. The summed E-state index contributed by atoms with van der Waals surface area (Å²) in [6.45, 7) is 3.83. The highest BCUT2D eigenvalue weighted by Crippen LogP contribution is 2.30. The number of nitrogens with zero attached hydrogens (tertiary/aromatic N) is 5. The number of anilines is 1. The van der Waals surface area contributed by atoms with Crippen LogP contribution in [0.25, 0.3) is 38.8 Å². The second-order valence-electron chi connectivity index (χ2n) is 8.01. The van der Waals surface area contributed by atoms with Crippen LogP contribution in [0.4, 0.5) is 10.6 Å². The highest BCUT2D eigenvalue weighted by molar-refractivity contribution is 6.04. The lowest BCUT2D eigenvalue weighted by atomic mass is 10.0. The van der Waals surface area contributed by atoms with E-state index in [9.17, 15) is 9.59 Å². The summed E-state index contributed by atoms with van der Waals surface area (Å²) in [5.41, 5.74) is 6.26. The maximum Gasteiger partial charge on any atom is 0.412 e. The molecule has 0 spiro atoms. The maximum absolute atomic E-state index is 13.3. The van der Waals surface area contributed by atoms with Gasteiger partial charge in [-0.15, -0.1) is 0 Å². The summed E-state index contributed by atoms with van der Waals surface area (Å²) in [6, 6.07) is 13.3. The average molecular weight is 454 g/mol. The summed E-state index contributed by atoms with van der Waals surface area (Å²) < 4.78 is 7.90. The Labute approximate surface area is 194 Å². The number of ether oxygens (including phenoxy) is 1. The molecule has 170 valence electrons. The Bertz CT molecular complexity index is 1630. The lowest BCUT2D eigenvalue weighted by Crippen LogP contribution is -2.21. The van der Waals surface area contributed by atoms with Gasteiger partial charge in [0.05, 0.1) is 41.2 Å². The zero-order valence-electron chi connectivity index (χ0n) is 19.2. The molecule has 0 unspecified atom stereocenters. The van der Waals surface area contributed by atoms with E-state index in [1.54, 1.807) is 34.6 Å². The van der Waals surface area contributed by atoms with Crippen molar-refractivity contribution in [3.8, 4) is 16.8 Å². The number of hydrogen-bond donors (Lipinski definition) is 1. The van der Waals surface area contributed by atoms with E-state index in [1.807, 2.05) is 50.2 Å². The third kappa shape index (κ3) is 3.47. The van der Waals surface area contributed by atoms with Crippen LogP contribution in [0.15, 0.2) is 59.7 Å². The molecule has 4 heterocycles. The lowest BCUT2D eigenvalue weighted by molar-refractivity contribution is 0.187. The average Bonchev–Trinajstić information content (AvgIpc) is 3.09. The Morgan fingerprint density at radius 1 is 1.00 bits per heavy atom. The molecule has 0 aliphatic rings. The molecular formula is C25H22N6O3. The summed E-state index contributed by atoms with van der Waals surface area (Å²) >= 11 is 0. The summed E-state index contributed by atoms with van der Waals surface area (Å²) in [6.07, 6.45) is 2.81. The van der Waals surface area contributed by atoms with Gasteiger partial charge < -0.3 is 4.74 Å². The Balaban J connectivity index is 1.72. The molecule has 0 saturated heterocycles. The number of benzene rings is 1. The molecule has 5 rings (SSSR count). The first kappa shape index (κ1) is 21.3. The van der Waals surface area contributed by atoms with Crippen LogP contribution in [-0.2, 0) is 11.8 Å². The van der Waals surface area contributed by atoms with E-state index < -0.39 is 6.09 Å². The number of hydrogen-bond acceptors (Lipinski definition) is 6. The molecule has 1 aromatic carbocycles. The smallest absolute Gasteiger partial charge is 0.412 e. The van der Waals surface area contributed by atoms with E-state index >= 15 is 0 Å². The highest BCUT2D eigenvalue weighted by atomic mass is 16.5. The number of carbonyl (C=O) groups is 1. The Kier molecular flexibility index (Phi) is 5.09. The van der Waals surface area contributed by atoms with Crippen LogP contribution in [0.1, 0.15) is 11.4 Å². The van der Waals surface area contributed by atoms with Crippen LogP contribution < -0.4 is 11.0 Å². The van der Waals surface area contributed by atoms with Gasteiger partial charge in [0.2, 0.25) is 0 Å². The number of amides is 1. The van der Waals surface area contributed by atoms with Crippen molar-refractivity contribution in [2.24, 2.45) is 7.05 Å².